The molecule has 7 N–H and O–H groups in total. The van der Waals surface area contributed by atoms with Crippen LogP contribution in [0.1, 0.15) is 12.8 Å². The maximum atomic E-state index is 9.70. The Morgan fingerprint density at radius 1 is 1.20 bits per heavy atom. The minimum atomic E-state index is -0.773. The number of nitrogens with two attached hydrogens (primary N) is 3. The van der Waals surface area contributed by atoms with Crippen LogP contribution in [0, 0.1) is 0 Å². The van der Waals surface area contributed by atoms with Crippen LogP contribution in [0.4, 0.5) is 11.4 Å². The van der Waals surface area contributed by atoms with E-state index in [2.05, 4.69) is 0 Å². The normalized spacial score (nSPS) is 8.87. The van der Waals surface area contributed by atoms with Crippen molar-refractivity contribution in [2.75, 3.05) is 18.0 Å². The zero-order chi connectivity index (χ0) is 11.7. The van der Waals surface area contributed by atoms with Crippen molar-refractivity contribution in [3.8, 4) is 0 Å². The highest BCUT2D eigenvalue weighted by Crippen LogP contribution is 2.10. The highest BCUT2D eigenvalue weighted by Gasteiger charge is 1.91. The number of aliphatic carboxylic acids is 1. The number of hydrogen-bond acceptors (Lipinski definition) is 4. The largest absolute Gasteiger partial charge is 0.481 e. The molecular formula is C10H17N3O2. The Labute approximate surface area is 88.9 Å². The third-order valence-electron chi connectivity index (χ3n) is 1.59. The zero-order valence-electron chi connectivity index (χ0n) is 8.52. The monoisotopic (exact) mass is 211 g/mol. The molecule has 5 nitrogen and oxygen atoms in total. The topological polar surface area (TPSA) is 115 Å². The summed E-state index contributed by atoms with van der Waals surface area (Å²) in [5, 5.41) is 7.99. The Balaban J connectivity index is 0.000000265. The van der Waals surface area contributed by atoms with Gasteiger partial charge in [-0.3, -0.25) is 4.79 Å². The van der Waals surface area contributed by atoms with E-state index in [0.29, 0.717) is 24.3 Å². The molecular weight excluding hydrogens is 194 g/mol. The molecule has 1 aromatic rings. The van der Waals surface area contributed by atoms with Crippen LogP contribution in [0.15, 0.2) is 24.3 Å². The molecule has 15 heavy (non-hydrogen) atoms. The standard InChI is InChI=1S/C6H8N2.C4H9NO2/c7-5-3-1-2-4-6(5)8;5-3-1-2-4(6)7/h1-4H,7-8H2;1-3,5H2,(H,6,7). The second-order valence-electron chi connectivity index (χ2n) is 2.91. The van der Waals surface area contributed by atoms with Gasteiger partial charge in [-0.15, -0.1) is 0 Å². The molecule has 0 atom stereocenters. The minimum absolute atomic E-state index is 0.191. The fraction of sp³-hybridized carbons (Fsp3) is 0.300. The summed E-state index contributed by atoms with van der Waals surface area (Å²) in [5.74, 6) is -0.773. The van der Waals surface area contributed by atoms with E-state index >= 15 is 0 Å². The molecule has 1 aromatic carbocycles. The molecule has 0 spiro atoms. The lowest BCUT2D eigenvalue weighted by Gasteiger charge is -1.94. The molecule has 0 radical (unpaired) electrons. The molecule has 84 valence electrons. The first-order valence-electron chi connectivity index (χ1n) is 4.59. The van der Waals surface area contributed by atoms with Gasteiger partial charge in [0.15, 0.2) is 0 Å². The number of carbonyl (C=O) groups is 1. The summed E-state index contributed by atoms with van der Waals surface area (Å²) in [7, 11) is 0. The maximum Gasteiger partial charge on any atom is 0.303 e. The molecule has 0 fully saturated rings. The Bertz CT molecular complexity index is 281. The predicted octanol–water partition coefficient (Wildman–Crippen LogP) is 0.661. The smallest absolute Gasteiger partial charge is 0.303 e. The molecule has 0 unspecified atom stereocenters. The van der Waals surface area contributed by atoms with E-state index in [1.165, 1.54) is 0 Å². The number of hydrogen-bond donors (Lipinski definition) is 4. The second-order valence-corrected chi connectivity index (χ2v) is 2.91. The van der Waals surface area contributed by atoms with Crippen molar-refractivity contribution < 1.29 is 9.90 Å². The van der Waals surface area contributed by atoms with E-state index in [1.807, 2.05) is 12.1 Å². The van der Waals surface area contributed by atoms with E-state index < -0.39 is 5.97 Å². The first kappa shape index (κ1) is 13.2. The predicted molar refractivity (Wildman–Crippen MR) is 61.2 cm³/mol. The van der Waals surface area contributed by atoms with Crippen LogP contribution in [0.2, 0.25) is 0 Å². The zero-order valence-corrected chi connectivity index (χ0v) is 8.52. The van der Waals surface area contributed by atoms with E-state index in [-0.39, 0.29) is 6.42 Å². The summed E-state index contributed by atoms with van der Waals surface area (Å²) in [6.45, 7) is 0.465. The lowest BCUT2D eigenvalue weighted by atomic mass is 10.3. The maximum absolute atomic E-state index is 9.70. The van der Waals surface area contributed by atoms with Crippen LogP contribution < -0.4 is 17.2 Å². The average Bonchev–Trinajstić information content (AvgIpc) is 2.20. The number of benzene rings is 1. The van der Waals surface area contributed by atoms with Crippen LogP contribution in [0.5, 0.6) is 0 Å². The summed E-state index contributed by atoms with van der Waals surface area (Å²) in [6, 6.07) is 7.25. The van der Waals surface area contributed by atoms with Gasteiger partial charge < -0.3 is 22.3 Å². The Kier molecular flexibility index (Phi) is 6.74. The molecule has 0 aliphatic carbocycles. The van der Waals surface area contributed by atoms with Crippen LogP contribution in [-0.4, -0.2) is 17.6 Å². The third-order valence-corrected chi connectivity index (χ3v) is 1.59. The van der Waals surface area contributed by atoms with Gasteiger partial charge in [0.1, 0.15) is 0 Å². The van der Waals surface area contributed by atoms with Crippen molar-refractivity contribution in [2.45, 2.75) is 12.8 Å². The van der Waals surface area contributed by atoms with Crippen molar-refractivity contribution >= 4 is 17.3 Å². The van der Waals surface area contributed by atoms with Gasteiger partial charge in [-0.1, -0.05) is 12.1 Å². The number of rotatable bonds is 3. The Morgan fingerprint density at radius 2 is 1.67 bits per heavy atom. The molecule has 0 aliphatic rings. The highest BCUT2D eigenvalue weighted by atomic mass is 16.4. The lowest BCUT2D eigenvalue weighted by molar-refractivity contribution is -0.137. The van der Waals surface area contributed by atoms with Crippen LogP contribution >= 0.6 is 0 Å². The molecule has 0 aliphatic heterocycles. The number of carboxylic acid groups (broad SMARTS) is 1. The van der Waals surface area contributed by atoms with Gasteiger partial charge >= 0.3 is 5.97 Å². The number of nitrogen functional groups attached to an aromatic ring is 2. The average molecular weight is 211 g/mol. The van der Waals surface area contributed by atoms with Gasteiger partial charge in [0.25, 0.3) is 0 Å². The molecule has 5 heteroatoms. The molecule has 0 saturated heterocycles. The fourth-order valence-electron chi connectivity index (χ4n) is 0.764. The molecule has 0 aromatic heterocycles. The minimum Gasteiger partial charge on any atom is -0.481 e. The van der Waals surface area contributed by atoms with Gasteiger partial charge in [-0.25, -0.2) is 0 Å². The van der Waals surface area contributed by atoms with E-state index in [1.54, 1.807) is 12.1 Å². The summed E-state index contributed by atoms with van der Waals surface area (Å²) in [6.07, 6.45) is 0.770. The van der Waals surface area contributed by atoms with Crippen LogP contribution in [-0.2, 0) is 4.79 Å². The van der Waals surface area contributed by atoms with Gasteiger partial charge in [0, 0.05) is 6.42 Å². The number of carboxylic acids is 1. The van der Waals surface area contributed by atoms with Crippen molar-refractivity contribution in [3.63, 3.8) is 0 Å². The van der Waals surface area contributed by atoms with Crippen molar-refractivity contribution in [1.82, 2.24) is 0 Å². The number of anilines is 2. The summed E-state index contributed by atoms with van der Waals surface area (Å²) >= 11 is 0. The third kappa shape index (κ3) is 7.33. The summed E-state index contributed by atoms with van der Waals surface area (Å²) < 4.78 is 0. The molecule has 0 heterocycles. The molecule has 0 amide bonds. The first-order chi connectivity index (χ1) is 7.07. The van der Waals surface area contributed by atoms with Gasteiger partial charge in [-0.2, -0.15) is 0 Å². The quantitative estimate of drug-likeness (QED) is 0.548. The van der Waals surface area contributed by atoms with Crippen molar-refractivity contribution in [3.05, 3.63) is 24.3 Å². The Hall–Kier alpha value is -1.75. The fourth-order valence-corrected chi connectivity index (χ4v) is 0.764. The van der Waals surface area contributed by atoms with E-state index in [9.17, 15) is 4.79 Å². The number of para-hydroxylation sites is 2. The van der Waals surface area contributed by atoms with Crippen LogP contribution in [0.25, 0.3) is 0 Å². The van der Waals surface area contributed by atoms with Crippen LogP contribution in [0.3, 0.4) is 0 Å². The van der Waals surface area contributed by atoms with Crippen molar-refractivity contribution in [1.29, 1.82) is 0 Å². The van der Waals surface area contributed by atoms with E-state index in [0.717, 1.165) is 0 Å². The highest BCUT2D eigenvalue weighted by molar-refractivity contribution is 5.66. The van der Waals surface area contributed by atoms with Gasteiger partial charge in [0.2, 0.25) is 0 Å². The lowest BCUT2D eigenvalue weighted by Crippen LogP contribution is -2.02. The summed E-state index contributed by atoms with van der Waals surface area (Å²) in [4.78, 5) is 9.70. The summed E-state index contributed by atoms with van der Waals surface area (Å²) in [5.41, 5.74) is 17.1. The van der Waals surface area contributed by atoms with Gasteiger partial charge in [-0.05, 0) is 25.1 Å². The second kappa shape index (κ2) is 7.64. The Morgan fingerprint density at radius 3 is 1.87 bits per heavy atom. The van der Waals surface area contributed by atoms with Gasteiger partial charge in [0.05, 0.1) is 11.4 Å². The van der Waals surface area contributed by atoms with E-state index in [4.69, 9.17) is 22.3 Å². The molecule has 0 bridgehead atoms. The molecule has 1 rings (SSSR count). The molecule has 0 saturated carbocycles. The first-order valence-corrected chi connectivity index (χ1v) is 4.59. The SMILES string of the molecule is NCCCC(=O)O.Nc1ccccc1N. The van der Waals surface area contributed by atoms with Crippen molar-refractivity contribution in [2.24, 2.45) is 5.73 Å².